The summed E-state index contributed by atoms with van der Waals surface area (Å²) in [5.74, 6) is -2.94. The fraction of sp³-hybridized carbons (Fsp3) is 0.552. The van der Waals surface area contributed by atoms with E-state index in [-0.39, 0.29) is 31.1 Å². The minimum Gasteiger partial charge on any atom is -0.462 e. The highest BCUT2D eigenvalue weighted by molar-refractivity contribution is 6.05. The van der Waals surface area contributed by atoms with Gasteiger partial charge in [0.1, 0.15) is 17.6 Å². The number of carbonyl (C=O) groups excluding carboxylic acids is 3. The Morgan fingerprint density at radius 3 is 2.50 bits per heavy atom. The molecule has 204 valence electrons. The van der Waals surface area contributed by atoms with Crippen molar-refractivity contribution in [1.29, 1.82) is 0 Å². The van der Waals surface area contributed by atoms with Crippen LogP contribution in [0.3, 0.4) is 0 Å². The van der Waals surface area contributed by atoms with Crippen molar-refractivity contribution >= 4 is 29.2 Å². The molecule has 2 saturated heterocycles. The molecule has 1 spiro atoms. The van der Waals surface area contributed by atoms with E-state index in [1.165, 1.54) is 4.90 Å². The van der Waals surface area contributed by atoms with Crippen LogP contribution in [-0.4, -0.2) is 84.4 Å². The molecule has 38 heavy (non-hydrogen) atoms. The highest BCUT2D eigenvalue weighted by atomic mass is 16.6. The average Bonchev–Trinajstić information content (AvgIpc) is 3.30. The average molecular weight is 524 g/mol. The summed E-state index contributed by atoms with van der Waals surface area (Å²) in [4.78, 5) is 46.7. The monoisotopic (exact) mass is 523 g/mol. The molecule has 2 amide bonds. The fourth-order valence-corrected chi connectivity index (χ4v) is 6.46. The number of rotatable bonds is 6. The van der Waals surface area contributed by atoms with E-state index in [0.717, 1.165) is 25.2 Å². The number of anilines is 2. The highest BCUT2D eigenvalue weighted by Crippen LogP contribution is 2.53. The van der Waals surface area contributed by atoms with Gasteiger partial charge in [0.15, 0.2) is 0 Å². The maximum absolute atomic E-state index is 14.2. The fourth-order valence-electron chi connectivity index (χ4n) is 6.46. The highest BCUT2D eigenvalue weighted by Gasteiger charge is 2.71. The van der Waals surface area contributed by atoms with Crippen molar-refractivity contribution in [3.05, 3.63) is 48.6 Å². The quantitative estimate of drug-likeness (QED) is 0.451. The van der Waals surface area contributed by atoms with Gasteiger partial charge in [-0.1, -0.05) is 24.3 Å². The van der Waals surface area contributed by atoms with Crippen molar-refractivity contribution in [1.82, 2.24) is 4.90 Å². The van der Waals surface area contributed by atoms with Crippen LogP contribution < -0.4 is 9.80 Å². The molecule has 9 heteroatoms. The third kappa shape index (κ3) is 4.22. The largest absolute Gasteiger partial charge is 0.462 e. The Morgan fingerprint density at radius 1 is 1.08 bits per heavy atom. The van der Waals surface area contributed by atoms with Gasteiger partial charge in [0.25, 0.3) is 5.91 Å². The Bertz CT molecular complexity index is 1130. The molecule has 1 N–H and O–H groups in total. The van der Waals surface area contributed by atoms with E-state index in [4.69, 9.17) is 9.47 Å². The van der Waals surface area contributed by atoms with Crippen molar-refractivity contribution in [2.75, 3.05) is 42.6 Å². The van der Waals surface area contributed by atoms with Crippen LogP contribution in [0, 0.1) is 11.8 Å². The predicted octanol–water partition coefficient (Wildman–Crippen LogP) is 2.29. The van der Waals surface area contributed by atoms with Gasteiger partial charge in [-0.15, -0.1) is 0 Å². The van der Waals surface area contributed by atoms with Crippen molar-refractivity contribution in [3.63, 3.8) is 0 Å². The first kappa shape index (κ1) is 26.4. The van der Waals surface area contributed by atoms with Gasteiger partial charge in [0, 0.05) is 37.6 Å². The first-order valence-corrected chi connectivity index (χ1v) is 13.7. The second kappa shape index (κ2) is 10.5. The van der Waals surface area contributed by atoms with E-state index < -0.39 is 35.6 Å². The Kier molecular flexibility index (Phi) is 7.33. The van der Waals surface area contributed by atoms with Crippen LogP contribution in [0.1, 0.15) is 33.6 Å². The summed E-state index contributed by atoms with van der Waals surface area (Å²) in [6, 6.07) is 6.80. The third-order valence-corrected chi connectivity index (χ3v) is 8.28. The number of hydrogen-bond donors (Lipinski definition) is 1. The molecule has 4 heterocycles. The van der Waals surface area contributed by atoms with Gasteiger partial charge < -0.3 is 29.3 Å². The summed E-state index contributed by atoms with van der Waals surface area (Å²) < 4.78 is 12.3. The van der Waals surface area contributed by atoms with E-state index >= 15 is 0 Å². The summed E-state index contributed by atoms with van der Waals surface area (Å²) in [7, 11) is 0. The van der Waals surface area contributed by atoms with Gasteiger partial charge in [-0.25, -0.2) is 0 Å². The normalized spacial score (nSPS) is 33.5. The van der Waals surface area contributed by atoms with Gasteiger partial charge in [-0.05, 0) is 57.9 Å². The number of amides is 2. The van der Waals surface area contributed by atoms with Crippen molar-refractivity contribution in [2.45, 2.75) is 57.5 Å². The lowest BCUT2D eigenvalue weighted by Crippen LogP contribution is -2.55. The van der Waals surface area contributed by atoms with Crippen LogP contribution in [0.15, 0.2) is 48.6 Å². The van der Waals surface area contributed by atoms with Gasteiger partial charge in [-0.2, -0.15) is 0 Å². The lowest BCUT2D eigenvalue weighted by molar-refractivity contribution is -0.158. The molecular weight excluding hydrogens is 486 g/mol. The molecule has 0 aliphatic carbocycles. The van der Waals surface area contributed by atoms with E-state index in [2.05, 4.69) is 18.7 Å². The number of cyclic esters (lactones) is 1. The number of hydrogen-bond acceptors (Lipinski definition) is 7. The number of β-amino-alcohol motifs (C(OH)–C–C–N with tert-alkyl or cyclic N) is 1. The number of esters is 1. The van der Waals surface area contributed by atoms with E-state index in [1.807, 2.05) is 49.4 Å². The van der Waals surface area contributed by atoms with Crippen LogP contribution in [0.2, 0.25) is 0 Å². The van der Waals surface area contributed by atoms with Gasteiger partial charge in [0.05, 0.1) is 24.7 Å². The summed E-state index contributed by atoms with van der Waals surface area (Å²) in [5.41, 5.74) is 0.443. The number of fused-ring (bicyclic) bond motifs is 2. The molecule has 1 aromatic carbocycles. The minimum absolute atomic E-state index is 0.0297. The maximum Gasteiger partial charge on any atom is 0.313 e. The number of aliphatic hydroxyl groups excluding tert-OH is 1. The first-order chi connectivity index (χ1) is 18.4. The van der Waals surface area contributed by atoms with Crippen LogP contribution in [0.5, 0.6) is 0 Å². The molecule has 6 atom stereocenters. The van der Waals surface area contributed by atoms with Gasteiger partial charge >= 0.3 is 5.97 Å². The SMILES string of the molecule is CCN(CC)c1ccc(N2CC=CC34O[C@@H]5/C=C\CCC(C)OC(=O)C5[C@H]3C(=O)N(CCO)[C@@H]4C2=O)cc1. The molecule has 5 rings (SSSR count). The maximum atomic E-state index is 14.2. The Balaban J connectivity index is 1.54. The number of aliphatic hydroxyl groups is 1. The zero-order valence-electron chi connectivity index (χ0n) is 22.3. The second-order valence-corrected chi connectivity index (χ2v) is 10.4. The molecule has 0 saturated carbocycles. The molecule has 1 aromatic rings. The second-order valence-electron chi connectivity index (χ2n) is 10.4. The molecule has 0 radical (unpaired) electrons. The first-order valence-electron chi connectivity index (χ1n) is 13.7. The Hall–Kier alpha value is -3.17. The van der Waals surface area contributed by atoms with Crippen LogP contribution in [0.4, 0.5) is 11.4 Å². The Morgan fingerprint density at radius 2 is 1.82 bits per heavy atom. The van der Waals surface area contributed by atoms with E-state index in [9.17, 15) is 19.5 Å². The van der Waals surface area contributed by atoms with Crippen LogP contribution in [-0.2, 0) is 23.9 Å². The standard InChI is InChI=1S/C29H37N3O6/c1-4-30(5-2)20-11-13-21(14-12-20)31-16-8-15-29-24(26(34)32(17-18-33)25(29)27(31)35)23-22(38-29)10-7-6-9-19(3)37-28(23)36/h7-8,10-15,19,22-25,33H,4-6,9,16-18H2,1-3H3/b10-7-/t19?,22-,23?,24+,25-,29?/m1/s1. The molecule has 9 nitrogen and oxygen atoms in total. The summed E-state index contributed by atoms with van der Waals surface area (Å²) in [6.07, 6.45) is 7.88. The number of ether oxygens (including phenoxy) is 2. The minimum atomic E-state index is -1.33. The van der Waals surface area contributed by atoms with Gasteiger partial charge in [-0.3, -0.25) is 14.4 Å². The van der Waals surface area contributed by atoms with Crippen LogP contribution >= 0.6 is 0 Å². The smallest absolute Gasteiger partial charge is 0.313 e. The molecule has 3 unspecified atom stereocenters. The Labute approximate surface area is 223 Å². The molecular formula is C29H37N3O6. The molecule has 2 fully saturated rings. The van der Waals surface area contributed by atoms with Crippen molar-refractivity contribution < 1.29 is 29.0 Å². The van der Waals surface area contributed by atoms with Gasteiger partial charge in [0.2, 0.25) is 5.91 Å². The predicted molar refractivity (Wildman–Crippen MR) is 143 cm³/mol. The number of benzene rings is 1. The summed E-state index contributed by atoms with van der Waals surface area (Å²) in [5, 5.41) is 9.82. The lowest BCUT2D eigenvalue weighted by atomic mass is 9.78. The van der Waals surface area contributed by atoms with Crippen LogP contribution in [0.25, 0.3) is 0 Å². The third-order valence-electron chi connectivity index (χ3n) is 8.28. The summed E-state index contributed by atoms with van der Waals surface area (Å²) in [6.45, 7) is 7.74. The van der Waals surface area contributed by atoms with Crippen molar-refractivity contribution in [2.24, 2.45) is 11.8 Å². The number of allylic oxidation sites excluding steroid dienone is 1. The summed E-state index contributed by atoms with van der Waals surface area (Å²) >= 11 is 0. The van der Waals surface area contributed by atoms with Crippen molar-refractivity contribution in [3.8, 4) is 0 Å². The molecule has 4 aliphatic rings. The van der Waals surface area contributed by atoms with E-state index in [0.29, 0.717) is 18.7 Å². The topological polar surface area (TPSA) is 99.6 Å². The number of likely N-dealkylation sites (tertiary alicyclic amines) is 1. The van der Waals surface area contributed by atoms with E-state index in [1.54, 1.807) is 11.0 Å². The zero-order chi connectivity index (χ0) is 27.0. The molecule has 4 aliphatic heterocycles. The number of carbonyl (C=O) groups is 3. The number of nitrogens with zero attached hydrogens (tertiary/aromatic N) is 3. The lowest BCUT2D eigenvalue weighted by Gasteiger charge is -2.35. The zero-order valence-corrected chi connectivity index (χ0v) is 22.3. The molecule has 0 aromatic heterocycles. The molecule has 0 bridgehead atoms.